The molecule has 42 heavy (non-hydrogen) atoms. The number of aryl methyl sites for hydroxylation is 1. The predicted molar refractivity (Wildman–Crippen MR) is 160 cm³/mol. The summed E-state index contributed by atoms with van der Waals surface area (Å²) in [5.74, 6) is 2.12. The van der Waals surface area contributed by atoms with Gasteiger partial charge >= 0.3 is 0 Å². The minimum atomic E-state index is -1.02. The highest BCUT2D eigenvalue weighted by Crippen LogP contribution is 2.57. The second-order valence-corrected chi connectivity index (χ2v) is 11.0. The van der Waals surface area contributed by atoms with Crippen molar-refractivity contribution in [2.75, 3.05) is 40.1 Å². The third kappa shape index (κ3) is 4.42. The van der Waals surface area contributed by atoms with Crippen molar-refractivity contribution in [1.82, 2.24) is 10.2 Å². The van der Waals surface area contributed by atoms with Crippen LogP contribution in [0, 0.1) is 25.2 Å². The number of aromatic hydroxyl groups is 1. The number of nitriles is 1. The fraction of sp³-hybridized carbons (Fsp3) is 0.424. The average Bonchev–Trinajstić information content (AvgIpc) is 3.22. The lowest BCUT2D eigenvalue weighted by Gasteiger charge is -2.55. The highest BCUT2D eigenvalue weighted by atomic mass is 16.5. The van der Waals surface area contributed by atoms with Gasteiger partial charge in [-0.05, 0) is 31.4 Å². The SMILES string of the molecule is C=CCOc1c(C)c(OCC=C)c(OCC=C)c2c1CC1C3NCC(C#N)(Cc4cc(C)c(OC)c(O)c43)N1C2CO. The second kappa shape index (κ2) is 11.7. The van der Waals surface area contributed by atoms with Gasteiger partial charge in [0.15, 0.2) is 23.0 Å². The number of fused-ring (bicyclic) bond motifs is 2. The Morgan fingerprint density at radius 2 is 1.69 bits per heavy atom. The first kappa shape index (κ1) is 29.5. The van der Waals surface area contributed by atoms with Crippen LogP contribution in [0.15, 0.2) is 44.0 Å². The van der Waals surface area contributed by atoms with Gasteiger partial charge < -0.3 is 34.5 Å². The van der Waals surface area contributed by atoms with Crippen LogP contribution in [-0.4, -0.2) is 66.8 Å². The van der Waals surface area contributed by atoms with Crippen molar-refractivity contribution in [3.8, 4) is 34.8 Å². The summed E-state index contributed by atoms with van der Waals surface area (Å²) in [6, 6.07) is 3.34. The third-order valence-corrected chi connectivity index (χ3v) is 8.64. The highest BCUT2D eigenvalue weighted by Gasteiger charge is 2.58. The maximum Gasteiger partial charge on any atom is 0.168 e. The monoisotopic (exact) mass is 573 g/mol. The van der Waals surface area contributed by atoms with Crippen LogP contribution in [0.1, 0.15) is 45.5 Å². The lowest BCUT2D eigenvalue weighted by molar-refractivity contribution is -0.0399. The summed E-state index contributed by atoms with van der Waals surface area (Å²) in [5.41, 5.74) is 3.73. The summed E-state index contributed by atoms with van der Waals surface area (Å²) in [5, 5.41) is 37.0. The number of phenols is 1. The first-order valence-electron chi connectivity index (χ1n) is 14.2. The summed E-state index contributed by atoms with van der Waals surface area (Å²) < 4.78 is 24.3. The van der Waals surface area contributed by atoms with Crippen LogP contribution in [0.3, 0.4) is 0 Å². The number of rotatable bonds is 11. The number of nitrogens with zero attached hydrogens (tertiary/aromatic N) is 2. The summed E-state index contributed by atoms with van der Waals surface area (Å²) in [6.07, 6.45) is 5.81. The molecule has 4 atom stereocenters. The van der Waals surface area contributed by atoms with Gasteiger partial charge in [-0.2, -0.15) is 5.26 Å². The van der Waals surface area contributed by atoms with Gasteiger partial charge in [0.05, 0.1) is 31.9 Å². The van der Waals surface area contributed by atoms with Crippen molar-refractivity contribution in [3.05, 3.63) is 77.4 Å². The fourth-order valence-electron chi connectivity index (χ4n) is 7.15. The fourth-order valence-corrected chi connectivity index (χ4v) is 7.15. The first-order valence-corrected chi connectivity index (χ1v) is 14.2. The maximum atomic E-state index is 11.5. The van der Waals surface area contributed by atoms with Gasteiger partial charge in [-0.15, -0.1) is 0 Å². The quantitative estimate of drug-likeness (QED) is 0.341. The number of phenolic OH excluding ortho intramolecular Hbond substituents is 1. The van der Waals surface area contributed by atoms with Gasteiger partial charge in [0.1, 0.15) is 31.1 Å². The van der Waals surface area contributed by atoms with Crippen molar-refractivity contribution >= 4 is 0 Å². The molecule has 222 valence electrons. The molecule has 6 rings (SSSR count). The van der Waals surface area contributed by atoms with E-state index in [1.807, 2.05) is 19.9 Å². The molecule has 2 aromatic rings. The Morgan fingerprint density at radius 1 is 1.05 bits per heavy atom. The van der Waals surface area contributed by atoms with Gasteiger partial charge in [0, 0.05) is 41.3 Å². The Morgan fingerprint density at radius 3 is 2.29 bits per heavy atom. The van der Waals surface area contributed by atoms with E-state index in [1.54, 1.807) is 25.3 Å². The van der Waals surface area contributed by atoms with Crippen LogP contribution in [0.4, 0.5) is 0 Å². The molecule has 0 aromatic heterocycles. The maximum absolute atomic E-state index is 11.5. The van der Waals surface area contributed by atoms with E-state index in [-0.39, 0.29) is 44.3 Å². The molecular weight excluding hydrogens is 534 g/mol. The topological polar surface area (TPSA) is 116 Å². The number of methoxy groups -OCH3 is 1. The van der Waals surface area contributed by atoms with Gasteiger partial charge in [-0.1, -0.05) is 44.0 Å². The Balaban J connectivity index is 1.81. The molecule has 0 spiro atoms. The zero-order valence-electron chi connectivity index (χ0n) is 24.5. The van der Waals surface area contributed by atoms with Crippen LogP contribution in [0.2, 0.25) is 0 Å². The van der Waals surface area contributed by atoms with Gasteiger partial charge in [-0.3, -0.25) is 4.90 Å². The average molecular weight is 574 g/mol. The molecule has 0 radical (unpaired) electrons. The van der Waals surface area contributed by atoms with Crippen molar-refractivity contribution in [3.63, 3.8) is 0 Å². The van der Waals surface area contributed by atoms with Crippen LogP contribution in [0.25, 0.3) is 0 Å². The van der Waals surface area contributed by atoms with Crippen molar-refractivity contribution in [2.45, 2.75) is 50.4 Å². The van der Waals surface area contributed by atoms with Gasteiger partial charge in [0.25, 0.3) is 0 Å². The number of ether oxygens (including phenoxy) is 4. The third-order valence-electron chi connectivity index (χ3n) is 8.64. The number of benzene rings is 2. The molecule has 2 bridgehead atoms. The Bertz CT molecular complexity index is 1460. The van der Waals surface area contributed by atoms with Crippen molar-refractivity contribution < 1.29 is 29.2 Å². The molecular formula is C33H39N3O6. The lowest BCUT2D eigenvalue weighted by atomic mass is 9.77. The largest absolute Gasteiger partial charge is 0.504 e. The minimum Gasteiger partial charge on any atom is -0.504 e. The first-order chi connectivity index (χ1) is 20.3. The zero-order chi connectivity index (χ0) is 30.2. The summed E-state index contributed by atoms with van der Waals surface area (Å²) in [6.45, 7) is 16.0. The molecule has 4 aliphatic heterocycles. The van der Waals surface area contributed by atoms with E-state index in [2.05, 4.69) is 36.0 Å². The highest BCUT2D eigenvalue weighted by molar-refractivity contribution is 5.66. The molecule has 4 unspecified atom stereocenters. The Labute approximate surface area is 247 Å². The molecule has 4 aliphatic rings. The van der Waals surface area contributed by atoms with Crippen molar-refractivity contribution in [1.29, 1.82) is 5.26 Å². The number of aliphatic hydroxyl groups excluding tert-OH is 1. The number of hydrogen-bond donors (Lipinski definition) is 3. The molecule has 9 heteroatoms. The second-order valence-electron chi connectivity index (χ2n) is 11.0. The van der Waals surface area contributed by atoms with Gasteiger partial charge in [-0.25, -0.2) is 0 Å². The number of nitrogens with one attached hydrogen (secondary N) is 1. The van der Waals surface area contributed by atoms with E-state index in [0.717, 1.165) is 33.4 Å². The van der Waals surface area contributed by atoms with Crippen LogP contribution < -0.4 is 24.3 Å². The van der Waals surface area contributed by atoms with Crippen LogP contribution >= 0.6 is 0 Å². The summed E-state index contributed by atoms with van der Waals surface area (Å²) in [4.78, 5) is 2.13. The molecule has 1 saturated heterocycles. The van der Waals surface area contributed by atoms with Crippen LogP contribution in [0.5, 0.6) is 28.7 Å². The van der Waals surface area contributed by atoms with Crippen LogP contribution in [-0.2, 0) is 12.8 Å². The zero-order valence-corrected chi connectivity index (χ0v) is 24.5. The molecule has 0 saturated carbocycles. The Kier molecular flexibility index (Phi) is 8.24. The summed E-state index contributed by atoms with van der Waals surface area (Å²) >= 11 is 0. The molecule has 2 aromatic carbocycles. The van der Waals surface area contributed by atoms with E-state index >= 15 is 0 Å². The van der Waals surface area contributed by atoms with E-state index in [4.69, 9.17) is 18.9 Å². The number of hydrogen-bond acceptors (Lipinski definition) is 9. The van der Waals surface area contributed by atoms with E-state index < -0.39 is 11.6 Å². The predicted octanol–water partition coefficient (Wildman–Crippen LogP) is 4.14. The molecule has 0 amide bonds. The molecule has 9 nitrogen and oxygen atoms in total. The minimum absolute atomic E-state index is 0.0782. The standard InChI is InChI=1S/C33H39N3O6/c1-7-10-40-30-20(5)31(41-11-8-2)32(42-12-9-3)26-22(30)14-23-27-25-21(13-19(4)29(39-6)28(25)38)15-33(17-34,18-35-27)36(23)24(26)16-37/h7-9,13,23-24,27,35,37-38H,1-3,10-12,14-16,18H2,4-6H3. The number of piperazine rings is 1. The molecule has 0 aliphatic carbocycles. The summed E-state index contributed by atoms with van der Waals surface area (Å²) in [7, 11) is 1.54. The lowest BCUT2D eigenvalue weighted by Crippen LogP contribution is -2.68. The van der Waals surface area contributed by atoms with E-state index in [9.17, 15) is 15.5 Å². The van der Waals surface area contributed by atoms with E-state index in [0.29, 0.717) is 42.4 Å². The smallest absolute Gasteiger partial charge is 0.168 e. The number of aliphatic hydroxyl groups is 1. The van der Waals surface area contributed by atoms with E-state index in [1.165, 1.54) is 0 Å². The van der Waals surface area contributed by atoms with Crippen molar-refractivity contribution in [2.24, 2.45) is 0 Å². The molecule has 4 heterocycles. The van der Waals surface area contributed by atoms with Gasteiger partial charge in [0.2, 0.25) is 0 Å². The Hall–Kier alpha value is -3.97. The molecule has 1 fully saturated rings. The molecule has 3 N–H and O–H groups in total. The normalized spacial score (nSPS) is 23.8.